The van der Waals surface area contributed by atoms with E-state index in [2.05, 4.69) is 12.1 Å². The molecule has 0 amide bonds. The van der Waals surface area contributed by atoms with E-state index in [-0.39, 0.29) is 0 Å². The van der Waals surface area contributed by atoms with E-state index in [4.69, 9.17) is 10.5 Å². The number of ether oxygens (including phenoxy) is 1. The first kappa shape index (κ1) is 11.1. The SMILES string of the molecule is CCOc1ccc(CCCCN)cc1. The van der Waals surface area contributed by atoms with Crippen LogP contribution >= 0.6 is 0 Å². The Kier molecular flexibility index (Phi) is 5.08. The second-order valence-corrected chi connectivity index (χ2v) is 3.32. The Morgan fingerprint density at radius 2 is 1.86 bits per heavy atom. The van der Waals surface area contributed by atoms with E-state index >= 15 is 0 Å². The molecule has 0 unspecified atom stereocenters. The lowest BCUT2D eigenvalue weighted by Crippen LogP contribution is -1.99. The van der Waals surface area contributed by atoms with Crippen LogP contribution in [0.5, 0.6) is 5.75 Å². The highest BCUT2D eigenvalue weighted by molar-refractivity contribution is 5.27. The molecule has 0 fully saturated rings. The van der Waals surface area contributed by atoms with Gasteiger partial charge in [0.2, 0.25) is 0 Å². The highest BCUT2D eigenvalue weighted by Gasteiger charge is 1.94. The number of benzene rings is 1. The van der Waals surface area contributed by atoms with Crippen molar-refractivity contribution in [1.29, 1.82) is 0 Å². The van der Waals surface area contributed by atoms with Crippen molar-refractivity contribution in [3.8, 4) is 5.75 Å². The van der Waals surface area contributed by atoms with Crippen LogP contribution < -0.4 is 10.5 Å². The maximum Gasteiger partial charge on any atom is 0.119 e. The maximum atomic E-state index is 5.44. The van der Waals surface area contributed by atoms with E-state index in [0.717, 1.165) is 31.7 Å². The molecule has 0 aliphatic heterocycles. The molecule has 0 aliphatic carbocycles. The van der Waals surface area contributed by atoms with Gasteiger partial charge in [-0.25, -0.2) is 0 Å². The third-order valence-electron chi connectivity index (χ3n) is 2.15. The van der Waals surface area contributed by atoms with Crippen LogP contribution in [0, 0.1) is 0 Å². The summed E-state index contributed by atoms with van der Waals surface area (Å²) in [4.78, 5) is 0. The molecular formula is C12H19NO. The van der Waals surface area contributed by atoms with Gasteiger partial charge in [-0.3, -0.25) is 0 Å². The third kappa shape index (κ3) is 3.79. The molecule has 14 heavy (non-hydrogen) atoms. The number of nitrogens with two attached hydrogens (primary N) is 1. The highest BCUT2D eigenvalue weighted by Crippen LogP contribution is 2.13. The molecule has 1 aromatic rings. The maximum absolute atomic E-state index is 5.44. The van der Waals surface area contributed by atoms with Gasteiger partial charge in [-0.05, 0) is 50.4 Å². The summed E-state index contributed by atoms with van der Waals surface area (Å²) in [5.74, 6) is 0.954. The summed E-state index contributed by atoms with van der Waals surface area (Å²) < 4.78 is 5.37. The molecule has 0 atom stereocenters. The van der Waals surface area contributed by atoms with Crippen molar-refractivity contribution in [3.63, 3.8) is 0 Å². The van der Waals surface area contributed by atoms with Gasteiger partial charge in [0.1, 0.15) is 5.75 Å². The first-order chi connectivity index (χ1) is 6.86. The third-order valence-corrected chi connectivity index (χ3v) is 2.15. The van der Waals surface area contributed by atoms with E-state index in [9.17, 15) is 0 Å². The quantitative estimate of drug-likeness (QED) is 0.704. The largest absolute Gasteiger partial charge is 0.494 e. The second-order valence-electron chi connectivity index (χ2n) is 3.32. The van der Waals surface area contributed by atoms with Crippen LogP contribution in [0.3, 0.4) is 0 Å². The Bertz CT molecular complexity index is 243. The summed E-state index contributed by atoms with van der Waals surface area (Å²) >= 11 is 0. The molecule has 2 N–H and O–H groups in total. The summed E-state index contributed by atoms with van der Waals surface area (Å²) in [6.45, 7) is 3.51. The molecule has 0 aromatic heterocycles. The van der Waals surface area contributed by atoms with E-state index in [0.29, 0.717) is 0 Å². The number of aryl methyl sites for hydroxylation is 1. The van der Waals surface area contributed by atoms with Crippen molar-refractivity contribution < 1.29 is 4.74 Å². The second kappa shape index (κ2) is 6.44. The van der Waals surface area contributed by atoms with Gasteiger partial charge >= 0.3 is 0 Å². The van der Waals surface area contributed by atoms with Gasteiger partial charge < -0.3 is 10.5 Å². The monoisotopic (exact) mass is 193 g/mol. The topological polar surface area (TPSA) is 35.2 Å². The smallest absolute Gasteiger partial charge is 0.119 e. The molecule has 1 rings (SSSR count). The van der Waals surface area contributed by atoms with Gasteiger partial charge in [0.25, 0.3) is 0 Å². The average Bonchev–Trinajstić information content (AvgIpc) is 2.21. The van der Waals surface area contributed by atoms with Crippen molar-refractivity contribution in [1.82, 2.24) is 0 Å². The zero-order chi connectivity index (χ0) is 10.2. The summed E-state index contributed by atoms with van der Waals surface area (Å²) in [6.07, 6.45) is 3.39. The van der Waals surface area contributed by atoms with Crippen LogP contribution in [0.2, 0.25) is 0 Å². The number of rotatable bonds is 6. The van der Waals surface area contributed by atoms with Gasteiger partial charge in [-0.15, -0.1) is 0 Å². The van der Waals surface area contributed by atoms with E-state index in [1.54, 1.807) is 0 Å². The zero-order valence-corrected chi connectivity index (χ0v) is 8.83. The Hall–Kier alpha value is -1.02. The standard InChI is InChI=1S/C12H19NO/c1-2-14-12-8-6-11(7-9-12)5-3-4-10-13/h6-9H,2-5,10,13H2,1H3. The van der Waals surface area contributed by atoms with Crippen molar-refractivity contribution in [2.45, 2.75) is 26.2 Å². The van der Waals surface area contributed by atoms with Crippen LogP contribution in [0.4, 0.5) is 0 Å². The lowest BCUT2D eigenvalue weighted by atomic mass is 10.1. The Balaban J connectivity index is 2.38. The van der Waals surface area contributed by atoms with Crippen molar-refractivity contribution in [2.75, 3.05) is 13.2 Å². The van der Waals surface area contributed by atoms with Crippen molar-refractivity contribution in [3.05, 3.63) is 29.8 Å². The molecule has 0 saturated carbocycles. The molecule has 0 saturated heterocycles. The molecular weight excluding hydrogens is 174 g/mol. The van der Waals surface area contributed by atoms with Gasteiger partial charge in [-0.2, -0.15) is 0 Å². The highest BCUT2D eigenvalue weighted by atomic mass is 16.5. The minimum absolute atomic E-state index is 0.729. The summed E-state index contributed by atoms with van der Waals surface area (Å²) in [6, 6.07) is 8.31. The molecule has 0 radical (unpaired) electrons. The fourth-order valence-electron chi connectivity index (χ4n) is 1.39. The van der Waals surface area contributed by atoms with Gasteiger partial charge in [-0.1, -0.05) is 12.1 Å². The van der Waals surface area contributed by atoms with Gasteiger partial charge in [0, 0.05) is 0 Å². The molecule has 78 valence electrons. The minimum Gasteiger partial charge on any atom is -0.494 e. The summed E-state index contributed by atoms with van der Waals surface area (Å²) in [5, 5.41) is 0. The minimum atomic E-state index is 0.729. The predicted molar refractivity (Wildman–Crippen MR) is 59.6 cm³/mol. The van der Waals surface area contributed by atoms with Crippen LogP contribution in [0.25, 0.3) is 0 Å². The molecule has 0 spiro atoms. The molecule has 2 nitrogen and oxygen atoms in total. The van der Waals surface area contributed by atoms with E-state index in [1.807, 2.05) is 19.1 Å². The Morgan fingerprint density at radius 1 is 1.14 bits per heavy atom. The summed E-state index contributed by atoms with van der Waals surface area (Å²) in [7, 11) is 0. The lowest BCUT2D eigenvalue weighted by molar-refractivity contribution is 0.340. The molecule has 2 heteroatoms. The van der Waals surface area contributed by atoms with Crippen molar-refractivity contribution >= 4 is 0 Å². The first-order valence-corrected chi connectivity index (χ1v) is 5.28. The Morgan fingerprint density at radius 3 is 2.43 bits per heavy atom. The van der Waals surface area contributed by atoms with Gasteiger partial charge in [0.15, 0.2) is 0 Å². The van der Waals surface area contributed by atoms with Crippen LogP contribution in [-0.2, 0) is 6.42 Å². The van der Waals surface area contributed by atoms with E-state index in [1.165, 1.54) is 12.0 Å². The number of hydrogen-bond donors (Lipinski definition) is 1. The van der Waals surface area contributed by atoms with Crippen LogP contribution in [-0.4, -0.2) is 13.2 Å². The zero-order valence-electron chi connectivity index (χ0n) is 8.83. The van der Waals surface area contributed by atoms with Crippen LogP contribution in [0.1, 0.15) is 25.3 Å². The Labute approximate surface area is 86.1 Å². The molecule has 0 heterocycles. The molecule has 0 aliphatic rings. The fraction of sp³-hybridized carbons (Fsp3) is 0.500. The number of unbranched alkanes of at least 4 members (excludes halogenated alkanes) is 1. The first-order valence-electron chi connectivity index (χ1n) is 5.28. The summed E-state index contributed by atoms with van der Waals surface area (Å²) in [5.41, 5.74) is 6.80. The molecule has 0 bridgehead atoms. The predicted octanol–water partition coefficient (Wildman–Crippen LogP) is 2.37. The normalized spacial score (nSPS) is 10.1. The van der Waals surface area contributed by atoms with E-state index < -0.39 is 0 Å². The molecule has 1 aromatic carbocycles. The average molecular weight is 193 g/mol. The lowest BCUT2D eigenvalue weighted by Gasteiger charge is -2.04. The number of hydrogen-bond acceptors (Lipinski definition) is 2. The fourth-order valence-corrected chi connectivity index (χ4v) is 1.39. The van der Waals surface area contributed by atoms with Crippen LogP contribution in [0.15, 0.2) is 24.3 Å². The van der Waals surface area contributed by atoms with Gasteiger partial charge in [0.05, 0.1) is 6.61 Å². The van der Waals surface area contributed by atoms with Crippen molar-refractivity contribution in [2.24, 2.45) is 5.73 Å².